The van der Waals surface area contributed by atoms with E-state index in [2.05, 4.69) is 0 Å². The molecule has 0 radical (unpaired) electrons. The third kappa shape index (κ3) is 19.9. The fourth-order valence-electron chi connectivity index (χ4n) is 0. The summed E-state index contributed by atoms with van der Waals surface area (Å²) in [6.45, 7) is 2.56. The van der Waals surface area contributed by atoms with Crippen LogP contribution < -0.4 is 12.4 Å². The molecular formula is C3H8ClMgN. The number of hydrogen-bond donors (Lipinski definition) is 0. The molecule has 0 aromatic carbocycles. The van der Waals surface area contributed by atoms with Gasteiger partial charge in [0.05, 0.1) is 0 Å². The first-order chi connectivity index (χ1) is 1.91. The summed E-state index contributed by atoms with van der Waals surface area (Å²) >= 11 is 0. The van der Waals surface area contributed by atoms with Crippen molar-refractivity contribution in [2.24, 2.45) is 0 Å². The van der Waals surface area contributed by atoms with Crippen LogP contribution >= 0.6 is 0 Å². The fourth-order valence-corrected chi connectivity index (χ4v) is 0. The third-order valence-corrected chi connectivity index (χ3v) is 0.250. The van der Waals surface area contributed by atoms with E-state index in [1.165, 1.54) is 0 Å². The van der Waals surface area contributed by atoms with E-state index in [1.807, 2.05) is 6.92 Å². The molecule has 0 rings (SSSR count). The van der Waals surface area contributed by atoms with E-state index in [-0.39, 0.29) is 35.5 Å². The summed E-state index contributed by atoms with van der Waals surface area (Å²) < 4.78 is 0. The Kier molecular flexibility index (Phi) is 43.7. The van der Waals surface area contributed by atoms with Crippen molar-refractivity contribution in [1.82, 2.24) is 0 Å². The van der Waals surface area contributed by atoms with Crippen LogP contribution in [0.5, 0.6) is 0 Å². The van der Waals surface area contributed by atoms with Crippen molar-refractivity contribution >= 4 is 23.1 Å². The van der Waals surface area contributed by atoms with Crippen molar-refractivity contribution in [3.63, 3.8) is 0 Å². The molecule has 0 bridgehead atoms. The number of halogens is 1. The quantitative estimate of drug-likeness (QED) is 0.358. The zero-order valence-corrected chi connectivity index (χ0v) is 6.17. The van der Waals surface area contributed by atoms with Crippen LogP contribution in [-0.4, -0.2) is 29.6 Å². The molecule has 0 atom stereocenters. The van der Waals surface area contributed by atoms with E-state index in [1.54, 1.807) is 0 Å². The van der Waals surface area contributed by atoms with Gasteiger partial charge in [-0.05, 0) is 0 Å². The van der Waals surface area contributed by atoms with Crippen molar-refractivity contribution in [2.45, 2.75) is 13.3 Å². The molecule has 3 heteroatoms. The van der Waals surface area contributed by atoms with Gasteiger partial charge in [0, 0.05) is 0 Å². The second-order valence-corrected chi connectivity index (χ2v) is 0.750. The Morgan fingerprint density at radius 3 is 1.67 bits per heavy atom. The molecule has 34 valence electrons. The summed E-state index contributed by atoms with van der Waals surface area (Å²) in [6, 6.07) is 0. The fraction of sp³-hybridized carbons (Fsp3) is 1.00. The summed E-state index contributed by atoms with van der Waals surface area (Å²) in [5.74, 6) is 0. The molecule has 0 aromatic rings. The summed E-state index contributed by atoms with van der Waals surface area (Å²) in [7, 11) is 0. The van der Waals surface area contributed by atoms with E-state index in [9.17, 15) is 0 Å². The average Bonchev–Trinajstić information content (AvgIpc) is 1.37. The van der Waals surface area contributed by atoms with Gasteiger partial charge in [-0.1, -0.05) is 13.3 Å². The van der Waals surface area contributed by atoms with Crippen LogP contribution in [0.1, 0.15) is 13.3 Å². The Morgan fingerprint density at radius 2 is 1.67 bits per heavy atom. The number of hydrogen-bond acceptors (Lipinski definition) is 0. The molecule has 1 N–H and O–H groups in total. The number of nitrogens with one attached hydrogen (secondary N) is 1. The molecule has 0 amide bonds. The van der Waals surface area contributed by atoms with Crippen molar-refractivity contribution in [2.75, 3.05) is 6.54 Å². The third-order valence-electron chi connectivity index (χ3n) is 0.250. The predicted molar refractivity (Wildman–Crippen MR) is 25.2 cm³/mol. The molecule has 0 fully saturated rings. The molecule has 0 unspecified atom stereocenters. The standard InChI is InChI=1S/C3H8N.ClH.Mg/c1-2-3-4;;/h4H,2-3H2,1H3;1H;/q-1;;+2/p-1. The minimum atomic E-state index is 0. The molecule has 6 heavy (non-hydrogen) atoms. The first-order valence-electron chi connectivity index (χ1n) is 1.56. The maximum atomic E-state index is 6.45. The Hall–Kier alpha value is 1.02. The van der Waals surface area contributed by atoms with Crippen molar-refractivity contribution in [3.05, 3.63) is 5.73 Å². The zero-order chi connectivity index (χ0) is 3.41. The van der Waals surface area contributed by atoms with Crippen LogP contribution in [0.3, 0.4) is 0 Å². The van der Waals surface area contributed by atoms with Gasteiger partial charge < -0.3 is 18.1 Å². The Balaban J connectivity index is -0.0000000450. The summed E-state index contributed by atoms with van der Waals surface area (Å²) in [4.78, 5) is 0. The van der Waals surface area contributed by atoms with Crippen LogP contribution in [0.2, 0.25) is 0 Å². The molecule has 0 aromatic heterocycles. The van der Waals surface area contributed by atoms with Gasteiger partial charge in [0.2, 0.25) is 0 Å². The van der Waals surface area contributed by atoms with E-state index >= 15 is 0 Å². The topological polar surface area (TPSA) is 23.8 Å². The van der Waals surface area contributed by atoms with Gasteiger partial charge in [0.15, 0.2) is 0 Å². The Bertz CT molecular complexity index is 12.8. The first kappa shape index (κ1) is 15.7. The van der Waals surface area contributed by atoms with Crippen molar-refractivity contribution < 1.29 is 12.4 Å². The Labute approximate surface area is 61.2 Å². The monoisotopic (exact) mass is 117 g/mol. The average molecular weight is 118 g/mol. The van der Waals surface area contributed by atoms with Gasteiger partial charge in [0.25, 0.3) is 0 Å². The Morgan fingerprint density at radius 1 is 1.50 bits per heavy atom. The van der Waals surface area contributed by atoms with Crippen LogP contribution in [0.25, 0.3) is 5.73 Å². The maximum Gasteiger partial charge on any atom is 2.00 e. The predicted octanol–water partition coefficient (Wildman–Crippen LogP) is -1.93. The summed E-state index contributed by atoms with van der Waals surface area (Å²) in [5.41, 5.74) is 6.45. The smallest absolute Gasteiger partial charge is 1.00 e. The maximum absolute atomic E-state index is 6.45. The van der Waals surface area contributed by atoms with Gasteiger partial charge in [-0.3, -0.25) is 0 Å². The molecule has 0 saturated heterocycles. The number of rotatable bonds is 1. The minimum Gasteiger partial charge on any atom is -1.00 e. The van der Waals surface area contributed by atoms with Crippen LogP contribution in [0.4, 0.5) is 0 Å². The van der Waals surface area contributed by atoms with Gasteiger partial charge in [-0.2, -0.15) is 6.54 Å². The molecule has 1 nitrogen and oxygen atoms in total. The van der Waals surface area contributed by atoms with Crippen LogP contribution in [-0.2, 0) is 0 Å². The largest absolute Gasteiger partial charge is 2.00 e. The molecule has 0 aliphatic heterocycles. The molecule has 0 aliphatic rings. The molecule has 0 spiro atoms. The van der Waals surface area contributed by atoms with Crippen molar-refractivity contribution in [1.29, 1.82) is 0 Å². The molecule has 0 heterocycles. The van der Waals surface area contributed by atoms with Crippen LogP contribution in [0.15, 0.2) is 0 Å². The van der Waals surface area contributed by atoms with E-state index in [0.29, 0.717) is 6.54 Å². The first-order valence-corrected chi connectivity index (χ1v) is 1.56. The minimum absolute atomic E-state index is 0. The SMILES string of the molecule is CCC[NH-].[Cl-].[Mg+2]. The normalized spacial score (nSPS) is 5.00. The second-order valence-electron chi connectivity index (χ2n) is 0.750. The van der Waals surface area contributed by atoms with Gasteiger partial charge in [-0.25, -0.2) is 0 Å². The van der Waals surface area contributed by atoms with Gasteiger partial charge in [0.1, 0.15) is 0 Å². The zero-order valence-electron chi connectivity index (χ0n) is 4.00. The van der Waals surface area contributed by atoms with Crippen molar-refractivity contribution in [3.8, 4) is 0 Å². The molecule has 0 aliphatic carbocycles. The van der Waals surface area contributed by atoms with E-state index < -0.39 is 0 Å². The van der Waals surface area contributed by atoms with Gasteiger partial charge in [-0.15, -0.1) is 0 Å². The molecule has 0 saturated carbocycles. The van der Waals surface area contributed by atoms with E-state index in [4.69, 9.17) is 5.73 Å². The summed E-state index contributed by atoms with van der Waals surface area (Å²) in [6.07, 6.45) is 0.986. The van der Waals surface area contributed by atoms with Crippen LogP contribution in [0, 0.1) is 0 Å². The summed E-state index contributed by atoms with van der Waals surface area (Å²) in [5, 5.41) is 0. The van der Waals surface area contributed by atoms with Gasteiger partial charge >= 0.3 is 23.1 Å². The van der Waals surface area contributed by atoms with E-state index in [0.717, 1.165) is 6.42 Å². The molecular weight excluding hydrogens is 110 g/mol. The second kappa shape index (κ2) is 16.6.